The summed E-state index contributed by atoms with van der Waals surface area (Å²) in [5.74, 6) is 0.204. The molecule has 118 valence electrons. The zero-order valence-corrected chi connectivity index (χ0v) is 13.8. The lowest BCUT2D eigenvalue weighted by Gasteiger charge is -2.24. The fraction of sp³-hybridized carbons (Fsp3) is 0.615. The van der Waals surface area contributed by atoms with Gasteiger partial charge in [-0.3, -0.25) is 0 Å². The van der Waals surface area contributed by atoms with Crippen LogP contribution in [0.15, 0.2) is 17.5 Å². The second-order valence-electron chi connectivity index (χ2n) is 5.45. The van der Waals surface area contributed by atoms with Gasteiger partial charge in [-0.05, 0) is 32.0 Å². The Morgan fingerprint density at radius 3 is 2.81 bits per heavy atom. The number of likely N-dealkylation sites (N-methyl/N-ethyl adjacent to an activating group) is 1. The summed E-state index contributed by atoms with van der Waals surface area (Å²) in [4.78, 5) is 15.1. The van der Waals surface area contributed by atoms with Crippen LogP contribution in [0.3, 0.4) is 0 Å². The van der Waals surface area contributed by atoms with Gasteiger partial charge in [0.2, 0.25) is 0 Å². The van der Waals surface area contributed by atoms with Crippen LogP contribution in [0.2, 0.25) is 0 Å². The summed E-state index contributed by atoms with van der Waals surface area (Å²) in [6.07, 6.45) is 0.498. The van der Waals surface area contributed by atoms with Gasteiger partial charge < -0.3 is 15.5 Å². The van der Waals surface area contributed by atoms with Crippen LogP contribution in [0.25, 0.3) is 0 Å². The highest BCUT2D eigenvalue weighted by Crippen LogP contribution is 2.22. The van der Waals surface area contributed by atoms with Crippen molar-refractivity contribution in [2.75, 3.05) is 32.1 Å². The molecule has 2 heterocycles. The predicted octanol–water partition coefficient (Wildman–Crippen LogP) is 0.837. The van der Waals surface area contributed by atoms with Crippen molar-refractivity contribution in [1.29, 1.82) is 0 Å². The molecule has 0 radical (unpaired) electrons. The van der Waals surface area contributed by atoms with Gasteiger partial charge >= 0.3 is 6.03 Å². The molecule has 0 bridgehead atoms. The number of urea groups is 1. The molecule has 1 aromatic heterocycles. The van der Waals surface area contributed by atoms with Crippen molar-refractivity contribution in [2.24, 2.45) is 0 Å². The Morgan fingerprint density at radius 1 is 1.52 bits per heavy atom. The van der Waals surface area contributed by atoms with Crippen LogP contribution in [-0.4, -0.2) is 57.5 Å². The molecule has 0 aliphatic carbocycles. The van der Waals surface area contributed by atoms with Gasteiger partial charge in [0.05, 0.1) is 17.5 Å². The summed E-state index contributed by atoms with van der Waals surface area (Å²) in [6.45, 7) is 0.485. The lowest BCUT2D eigenvalue weighted by Crippen LogP contribution is -2.45. The third-order valence-corrected chi connectivity index (χ3v) is 6.26. The first-order valence-corrected chi connectivity index (χ1v) is 9.52. The van der Waals surface area contributed by atoms with Crippen molar-refractivity contribution >= 4 is 27.2 Å². The summed E-state index contributed by atoms with van der Waals surface area (Å²) in [5, 5.41) is 7.57. The molecule has 1 saturated heterocycles. The average Bonchev–Trinajstić information content (AvgIpc) is 2.99. The van der Waals surface area contributed by atoms with Gasteiger partial charge in [-0.1, -0.05) is 6.07 Å². The molecule has 2 unspecified atom stereocenters. The number of nitrogens with zero attached hydrogens (tertiary/aromatic N) is 1. The second kappa shape index (κ2) is 6.76. The molecule has 21 heavy (non-hydrogen) atoms. The number of rotatable bonds is 5. The van der Waals surface area contributed by atoms with E-state index < -0.39 is 9.84 Å². The van der Waals surface area contributed by atoms with Crippen LogP contribution in [0, 0.1) is 0 Å². The number of nitrogens with one attached hydrogen (secondary N) is 2. The number of carbonyl (C=O) groups excluding carboxylic acids is 1. The Labute approximate surface area is 129 Å². The third-order valence-electron chi connectivity index (χ3n) is 3.52. The standard InChI is InChI=1S/C13H21N3O3S2/c1-16(2)11(12-4-3-6-20-12)8-14-13(17)15-10-5-7-21(18,19)9-10/h3-4,6,10-11H,5,7-9H2,1-2H3,(H2,14,15,17). The van der Waals surface area contributed by atoms with Gasteiger partial charge in [0.15, 0.2) is 9.84 Å². The molecule has 2 atom stereocenters. The van der Waals surface area contributed by atoms with Crippen LogP contribution in [0.4, 0.5) is 4.79 Å². The Morgan fingerprint density at radius 2 is 2.29 bits per heavy atom. The van der Waals surface area contributed by atoms with E-state index in [9.17, 15) is 13.2 Å². The molecule has 2 N–H and O–H groups in total. The van der Waals surface area contributed by atoms with Gasteiger partial charge in [0.1, 0.15) is 0 Å². The molecule has 0 spiro atoms. The first kappa shape index (κ1) is 16.3. The molecule has 8 heteroatoms. The van der Waals surface area contributed by atoms with Crippen LogP contribution < -0.4 is 10.6 Å². The van der Waals surface area contributed by atoms with E-state index in [2.05, 4.69) is 10.6 Å². The summed E-state index contributed by atoms with van der Waals surface area (Å²) >= 11 is 1.65. The van der Waals surface area contributed by atoms with Crippen molar-refractivity contribution < 1.29 is 13.2 Å². The highest BCUT2D eigenvalue weighted by atomic mass is 32.2. The topological polar surface area (TPSA) is 78.5 Å². The number of carbonyl (C=O) groups is 1. The number of hydrogen-bond acceptors (Lipinski definition) is 5. The molecule has 6 nitrogen and oxygen atoms in total. The maximum atomic E-state index is 11.9. The minimum absolute atomic E-state index is 0.0441. The normalized spacial score (nSPS) is 22.1. The van der Waals surface area contributed by atoms with E-state index in [4.69, 9.17) is 0 Å². The minimum Gasteiger partial charge on any atom is -0.336 e. The molecule has 2 amide bonds. The Bertz CT molecular complexity index is 569. The molecule has 1 fully saturated rings. The monoisotopic (exact) mass is 331 g/mol. The van der Waals surface area contributed by atoms with Crippen molar-refractivity contribution in [3.05, 3.63) is 22.4 Å². The van der Waals surface area contributed by atoms with E-state index >= 15 is 0 Å². The number of amides is 2. The molecule has 1 aliphatic heterocycles. The average molecular weight is 331 g/mol. The third kappa shape index (κ3) is 4.69. The summed E-state index contributed by atoms with van der Waals surface area (Å²) in [7, 11) is 0.961. The highest BCUT2D eigenvalue weighted by Gasteiger charge is 2.29. The second-order valence-corrected chi connectivity index (χ2v) is 8.66. The molecule has 0 saturated carbocycles. The molecule has 0 aromatic carbocycles. The smallest absolute Gasteiger partial charge is 0.315 e. The van der Waals surface area contributed by atoms with E-state index in [0.29, 0.717) is 13.0 Å². The zero-order valence-electron chi connectivity index (χ0n) is 12.2. The number of sulfone groups is 1. The molecular formula is C13H21N3O3S2. The van der Waals surface area contributed by atoms with E-state index in [-0.39, 0.29) is 29.6 Å². The van der Waals surface area contributed by atoms with E-state index in [1.54, 1.807) is 11.3 Å². The quantitative estimate of drug-likeness (QED) is 0.838. The van der Waals surface area contributed by atoms with Gasteiger partial charge in [0, 0.05) is 17.5 Å². The zero-order chi connectivity index (χ0) is 15.5. The Kier molecular flexibility index (Phi) is 5.23. The fourth-order valence-corrected chi connectivity index (χ4v) is 4.95. The summed E-state index contributed by atoms with van der Waals surface area (Å²) < 4.78 is 22.7. The van der Waals surface area contributed by atoms with E-state index in [0.717, 1.165) is 0 Å². The molecule has 1 aromatic rings. The van der Waals surface area contributed by atoms with Gasteiger partial charge in [0.25, 0.3) is 0 Å². The van der Waals surface area contributed by atoms with Gasteiger partial charge in [-0.15, -0.1) is 11.3 Å². The Balaban J connectivity index is 1.83. The van der Waals surface area contributed by atoms with E-state index in [1.807, 2.05) is 36.5 Å². The lowest BCUT2D eigenvalue weighted by atomic mass is 10.2. The predicted molar refractivity (Wildman–Crippen MR) is 84.3 cm³/mol. The van der Waals surface area contributed by atoms with E-state index in [1.165, 1.54) is 4.88 Å². The minimum atomic E-state index is -2.97. The maximum absolute atomic E-state index is 11.9. The Hall–Kier alpha value is -1.12. The van der Waals surface area contributed by atoms with Crippen molar-refractivity contribution in [1.82, 2.24) is 15.5 Å². The fourth-order valence-electron chi connectivity index (χ4n) is 2.35. The SMILES string of the molecule is CN(C)C(CNC(=O)NC1CCS(=O)(=O)C1)c1cccs1. The van der Waals surface area contributed by atoms with Crippen molar-refractivity contribution in [2.45, 2.75) is 18.5 Å². The van der Waals surface area contributed by atoms with Crippen LogP contribution in [-0.2, 0) is 9.84 Å². The first-order chi connectivity index (χ1) is 9.87. The van der Waals surface area contributed by atoms with Crippen LogP contribution in [0.1, 0.15) is 17.3 Å². The van der Waals surface area contributed by atoms with Crippen LogP contribution in [0.5, 0.6) is 0 Å². The molecule has 1 aliphatic rings. The van der Waals surface area contributed by atoms with Crippen LogP contribution >= 0.6 is 11.3 Å². The highest BCUT2D eigenvalue weighted by molar-refractivity contribution is 7.91. The summed E-state index contributed by atoms with van der Waals surface area (Å²) in [5.41, 5.74) is 0. The maximum Gasteiger partial charge on any atom is 0.315 e. The number of hydrogen-bond donors (Lipinski definition) is 2. The van der Waals surface area contributed by atoms with Gasteiger partial charge in [-0.25, -0.2) is 13.2 Å². The number of thiophene rings is 1. The molecule has 2 rings (SSSR count). The first-order valence-electron chi connectivity index (χ1n) is 6.82. The van der Waals surface area contributed by atoms with Crippen molar-refractivity contribution in [3.8, 4) is 0 Å². The van der Waals surface area contributed by atoms with Gasteiger partial charge in [-0.2, -0.15) is 0 Å². The summed E-state index contributed by atoms with van der Waals surface area (Å²) in [6, 6.07) is 3.57. The van der Waals surface area contributed by atoms with Crippen molar-refractivity contribution in [3.63, 3.8) is 0 Å². The largest absolute Gasteiger partial charge is 0.336 e. The lowest BCUT2D eigenvalue weighted by molar-refractivity contribution is 0.230. The molecular weight excluding hydrogens is 310 g/mol.